The fourth-order valence-electron chi connectivity index (χ4n) is 0.654. The van der Waals surface area contributed by atoms with Gasteiger partial charge in [-0.25, -0.2) is 0 Å². The molecule has 0 aromatic carbocycles. The van der Waals surface area contributed by atoms with Gasteiger partial charge in [-0.2, -0.15) is 0 Å². The molecule has 0 unspecified atom stereocenters. The Morgan fingerprint density at radius 1 is 0.923 bits per heavy atom. The number of rotatable bonds is 4. The largest absolute Gasteiger partial charge is 0.389 e. The van der Waals surface area contributed by atoms with Gasteiger partial charge in [0.15, 0.2) is 0 Å². The molecule has 0 aromatic heterocycles. The van der Waals surface area contributed by atoms with Crippen LogP contribution in [0.4, 0.5) is 0 Å². The van der Waals surface area contributed by atoms with Crippen LogP contribution in [0.1, 0.15) is 41.5 Å². The van der Waals surface area contributed by atoms with E-state index in [2.05, 4.69) is 5.32 Å². The Morgan fingerprint density at radius 3 is 1.54 bits per heavy atom. The predicted octanol–water partition coefficient (Wildman–Crippen LogP) is 0.896. The number of hydrogen-bond acceptors (Lipinski definition) is 3. The van der Waals surface area contributed by atoms with E-state index in [1.54, 1.807) is 27.7 Å². The van der Waals surface area contributed by atoms with E-state index in [9.17, 15) is 10.2 Å². The predicted molar refractivity (Wildman–Crippen MR) is 54.7 cm³/mol. The van der Waals surface area contributed by atoms with Gasteiger partial charge in [-0.15, -0.1) is 0 Å². The summed E-state index contributed by atoms with van der Waals surface area (Å²) >= 11 is 0. The highest BCUT2D eigenvalue weighted by molar-refractivity contribution is 4.94. The van der Waals surface area contributed by atoms with Gasteiger partial charge in [0.25, 0.3) is 0 Å². The normalized spacial score (nSPS) is 14.8. The van der Waals surface area contributed by atoms with Gasteiger partial charge in [-0.1, -0.05) is 0 Å². The molecule has 3 nitrogen and oxygen atoms in total. The quantitative estimate of drug-likeness (QED) is 0.616. The monoisotopic (exact) mass is 189 g/mol. The molecule has 13 heavy (non-hydrogen) atoms. The van der Waals surface area contributed by atoms with Crippen LogP contribution in [0.5, 0.6) is 0 Å². The number of nitrogens with one attached hydrogen (secondary N) is 1. The summed E-state index contributed by atoms with van der Waals surface area (Å²) in [6.45, 7) is 11.3. The number of β-amino-alcohol motifs (C(OH)–C–C–N with tert-alkyl or cyclic N) is 1. The van der Waals surface area contributed by atoms with E-state index in [0.717, 1.165) is 0 Å². The minimum absolute atomic E-state index is 0.410. The summed E-state index contributed by atoms with van der Waals surface area (Å²) in [7, 11) is 0. The van der Waals surface area contributed by atoms with E-state index in [1.807, 2.05) is 13.8 Å². The van der Waals surface area contributed by atoms with Gasteiger partial charge in [-0.3, -0.25) is 0 Å². The molecule has 0 aliphatic rings. The lowest BCUT2D eigenvalue weighted by Crippen LogP contribution is -2.58. The Balaban J connectivity index is 4.21. The van der Waals surface area contributed by atoms with E-state index < -0.39 is 16.7 Å². The topological polar surface area (TPSA) is 52.5 Å². The molecule has 0 radical (unpaired) electrons. The molecule has 0 fully saturated rings. The molecule has 80 valence electrons. The Bertz CT molecular complexity index is 163. The Hall–Kier alpha value is -0.120. The second kappa shape index (κ2) is 3.56. The van der Waals surface area contributed by atoms with Gasteiger partial charge >= 0.3 is 0 Å². The molecule has 3 heteroatoms. The summed E-state index contributed by atoms with van der Waals surface area (Å²) in [5.74, 6) is 0. The van der Waals surface area contributed by atoms with Crippen LogP contribution in [0.15, 0.2) is 0 Å². The molecule has 0 aliphatic heterocycles. The lowest BCUT2D eigenvalue weighted by Gasteiger charge is -2.39. The van der Waals surface area contributed by atoms with Gasteiger partial charge in [-0.05, 0) is 41.5 Å². The van der Waals surface area contributed by atoms with Crippen LogP contribution in [0.2, 0.25) is 0 Å². The van der Waals surface area contributed by atoms with Crippen molar-refractivity contribution in [3.05, 3.63) is 0 Å². The molecule has 0 amide bonds. The van der Waals surface area contributed by atoms with Crippen LogP contribution in [0, 0.1) is 0 Å². The second-order valence-electron chi connectivity index (χ2n) is 5.35. The van der Waals surface area contributed by atoms with Crippen LogP contribution >= 0.6 is 0 Å². The van der Waals surface area contributed by atoms with Crippen LogP contribution in [-0.2, 0) is 0 Å². The van der Waals surface area contributed by atoms with E-state index >= 15 is 0 Å². The summed E-state index contributed by atoms with van der Waals surface area (Å²) in [4.78, 5) is 0. The smallest absolute Gasteiger partial charge is 0.0767 e. The molecule has 0 aliphatic carbocycles. The third kappa shape index (κ3) is 4.60. The van der Waals surface area contributed by atoms with Gasteiger partial charge < -0.3 is 15.5 Å². The van der Waals surface area contributed by atoms with Crippen molar-refractivity contribution in [2.24, 2.45) is 0 Å². The summed E-state index contributed by atoms with van der Waals surface area (Å²) in [6.07, 6.45) is 0. The van der Waals surface area contributed by atoms with Crippen molar-refractivity contribution in [3.63, 3.8) is 0 Å². The van der Waals surface area contributed by atoms with E-state index in [1.165, 1.54) is 0 Å². The number of aliphatic hydroxyl groups is 2. The molecule has 0 bridgehead atoms. The third-order valence-corrected chi connectivity index (χ3v) is 2.49. The maximum atomic E-state index is 9.80. The van der Waals surface area contributed by atoms with Gasteiger partial charge in [0, 0.05) is 12.1 Å². The first-order valence-corrected chi connectivity index (χ1v) is 4.65. The lowest BCUT2D eigenvalue weighted by atomic mass is 9.85. The highest BCUT2D eigenvalue weighted by Gasteiger charge is 2.35. The van der Waals surface area contributed by atoms with Crippen molar-refractivity contribution >= 4 is 0 Å². The Morgan fingerprint density at radius 2 is 1.31 bits per heavy atom. The molecular formula is C10H23NO2. The minimum Gasteiger partial charge on any atom is -0.389 e. The molecule has 0 saturated heterocycles. The van der Waals surface area contributed by atoms with Crippen molar-refractivity contribution in [1.29, 1.82) is 0 Å². The van der Waals surface area contributed by atoms with Crippen molar-refractivity contribution in [3.8, 4) is 0 Å². The van der Waals surface area contributed by atoms with E-state index in [4.69, 9.17) is 0 Å². The summed E-state index contributed by atoms with van der Waals surface area (Å²) < 4.78 is 0. The van der Waals surface area contributed by atoms with Crippen LogP contribution in [0.3, 0.4) is 0 Å². The van der Waals surface area contributed by atoms with E-state index in [0.29, 0.717) is 6.54 Å². The molecule has 0 spiro atoms. The fraction of sp³-hybridized carbons (Fsp3) is 1.00. The van der Waals surface area contributed by atoms with Crippen LogP contribution in [-0.4, -0.2) is 33.5 Å². The van der Waals surface area contributed by atoms with Crippen LogP contribution in [0.25, 0.3) is 0 Å². The number of hydrogen-bond donors (Lipinski definition) is 3. The average molecular weight is 189 g/mol. The van der Waals surface area contributed by atoms with Gasteiger partial charge in [0.2, 0.25) is 0 Å². The summed E-state index contributed by atoms with van der Waals surface area (Å²) in [6, 6.07) is 0. The zero-order valence-corrected chi connectivity index (χ0v) is 9.60. The maximum Gasteiger partial charge on any atom is 0.0767 e. The Kier molecular flexibility index (Phi) is 3.53. The van der Waals surface area contributed by atoms with Crippen molar-refractivity contribution in [2.45, 2.75) is 58.3 Å². The summed E-state index contributed by atoms with van der Waals surface area (Å²) in [5.41, 5.74) is -1.96. The molecule has 0 saturated carbocycles. The van der Waals surface area contributed by atoms with Crippen molar-refractivity contribution in [1.82, 2.24) is 5.32 Å². The first-order valence-electron chi connectivity index (χ1n) is 4.65. The van der Waals surface area contributed by atoms with Gasteiger partial charge in [0.05, 0.1) is 11.2 Å². The highest BCUT2D eigenvalue weighted by Crippen LogP contribution is 2.20. The van der Waals surface area contributed by atoms with Gasteiger partial charge in [0.1, 0.15) is 0 Å². The van der Waals surface area contributed by atoms with Crippen LogP contribution < -0.4 is 5.32 Å². The van der Waals surface area contributed by atoms with Crippen molar-refractivity contribution < 1.29 is 10.2 Å². The minimum atomic E-state index is -0.807. The molecule has 0 rings (SSSR count). The Labute approximate surface area is 81.2 Å². The SMILES string of the molecule is CC(C)(O)CNC(C)(C)C(C)(C)O. The highest BCUT2D eigenvalue weighted by atomic mass is 16.3. The third-order valence-electron chi connectivity index (χ3n) is 2.49. The summed E-state index contributed by atoms with van der Waals surface area (Å²) in [5, 5.41) is 22.4. The first kappa shape index (κ1) is 12.9. The average Bonchev–Trinajstić information content (AvgIpc) is 1.79. The van der Waals surface area contributed by atoms with E-state index in [-0.39, 0.29) is 0 Å². The molecule has 3 N–H and O–H groups in total. The zero-order chi connectivity index (χ0) is 10.9. The first-order chi connectivity index (χ1) is 5.46. The molecular weight excluding hydrogens is 166 g/mol. The molecule has 0 atom stereocenters. The zero-order valence-electron chi connectivity index (χ0n) is 9.60. The second-order valence-corrected chi connectivity index (χ2v) is 5.35. The maximum absolute atomic E-state index is 9.80. The standard InChI is InChI=1S/C10H23NO2/c1-8(2,12)7-11-9(3,4)10(5,6)13/h11-13H,7H2,1-6H3. The van der Waals surface area contributed by atoms with Crippen molar-refractivity contribution in [2.75, 3.05) is 6.54 Å². The lowest BCUT2D eigenvalue weighted by molar-refractivity contribution is -0.0178. The molecule has 0 aromatic rings. The fourth-order valence-corrected chi connectivity index (χ4v) is 0.654. The molecule has 0 heterocycles.